The second-order valence-corrected chi connectivity index (χ2v) is 6.24. The van der Waals surface area contributed by atoms with E-state index in [9.17, 15) is 4.79 Å². The maximum Gasteiger partial charge on any atom is 0.241 e. The summed E-state index contributed by atoms with van der Waals surface area (Å²) in [6.07, 6.45) is 0. The van der Waals surface area contributed by atoms with E-state index < -0.39 is 0 Å². The smallest absolute Gasteiger partial charge is 0.241 e. The van der Waals surface area contributed by atoms with Crippen LogP contribution in [-0.4, -0.2) is 18.6 Å². The molecule has 1 amide bonds. The van der Waals surface area contributed by atoms with Gasteiger partial charge in [0.2, 0.25) is 5.91 Å². The number of anilines is 1. The molecule has 0 aliphatic heterocycles. The van der Waals surface area contributed by atoms with Crippen LogP contribution in [-0.2, 0) is 4.79 Å². The summed E-state index contributed by atoms with van der Waals surface area (Å²) in [4.78, 5) is 12.4. The van der Waals surface area contributed by atoms with Crippen LogP contribution in [0.3, 0.4) is 0 Å². The van der Waals surface area contributed by atoms with Crippen molar-refractivity contribution >= 4 is 22.6 Å². The Balaban J connectivity index is 1.59. The second kappa shape index (κ2) is 8.06. The third-order valence-corrected chi connectivity index (χ3v) is 4.20. The highest BCUT2D eigenvalue weighted by atomic mass is 16.5. The third kappa shape index (κ3) is 4.24. The van der Waals surface area contributed by atoms with E-state index in [2.05, 4.69) is 10.6 Å². The maximum absolute atomic E-state index is 12.4. The molecular formula is C21H24N2O3. The van der Waals surface area contributed by atoms with Gasteiger partial charge in [-0.15, -0.1) is 0 Å². The Labute approximate surface area is 153 Å². The molecule has 2 N–H and O–H groups in total. The molecule has 5 nitrogen and oxygen atoms in total. The molecule has 0 saturated carbocycles. The molecule has 0 saturated heterocycles. The molecule has 26 heavy (non-hydrogen) atoms. The summed E-state index contributed by atoms with van der Waals surface area (Å²) >= 11 is 0. The highest BCUT2D eigenvalue weighted by Gasteiger charge is 2.19. The number of rotatable bonds is 7. The average Bonchev–Trinajstić information content (AvgIpc) is 3.08. The Kier molecular flexibility index (Phi) is 5.58. The number of benzene rings is 2. The van der Waals surface area contributed by atoms with E-state index in [0.717, 1.165) is 28.2 Å². The molecule has 5 heteroatoms. The number of fused-ring (bicyclic) bond motifs is 1. The number of carbonyl (C=O) groups excluding carboxylic acids is 1. The summed E-state index contributed by atoms with van der Waals surface area (Å²) in [5, 5.41) is 7.24. The van der Waals surface area contributed by atoms with Crippen molar-refractivity contribution in [2.45, 2.75) is 32.9 Å². The fraction of sp³-hybridized carbons (Fsp3) is 0.286. The zero-order valence-corrected chi connectivity index (χ0v) is 15.3. The summed E-state index contributed by atoms with van der Waals surface area (Å²) in [7, 11) is 0. The lowest BCUT2D eigenvalue weighted by molar-refractivity contribution is -0.118. The minimum absolute atomic E-state index is 0.0801. The summed E-state index contributed by atoms with van der Waals surface area (Å²) in [6, 6.07) is 16.8. The normalized spacial score (nSPS) is 13.3. The first-order valence-electron chi connectivity index (χ1n) is 8.85. The van der Waals surface area contributed by atoms with Gasteiger partial charge in [0.05, 0.1) is 18.7 Å². The first kappa shape index (κ1) is 18.0. The van der Waals surface area contributed by atoms with Gasteiger partial charge < -0.3 is 14.5 Å². The van der Waals surface area contributed by atoms with E-state index in [-0.39, 0.29) is 18.0 Å². The number of para-hydroxylation sites is 1. The maximum atomic E-state index is 12.4. The van der Waals surface area contributed by atoms with Crippen LogP contribution in [0.15, 0.2) is 59.0 Å². The van der Waals surface area contributed by atoms with Crippen LogP contribution >= 0.6 is 0 Å². The van der Waals surface area contributed by atoms with Crippen molar-refractivity contribution in [3.05, 3.63) is 60.4 Å². The molecule has 0 bridgehead atoms. The van der Waals surface area contributed by atoms with Crippen molar-refractivity contribution in [2.75, 3.05) is 11.9 Å². The van der Waals surface area contributed by atoms with Crippen molar-refractivity contribution in [1.82, 2.24) is 5.32 Å². The van der Waals surface area contributed by atoms with Gasteiger partial charge in [-0.25, -0.2) is 0 Å². The van der Waals surface area contributed by atoms with E-state index in [0.29, 0.717) is 6.61 Å². The topological polar surface area (TPSA) is 63.5 Å². The summed E-state index contributed by atoms with van der Waals surface area (Å²) < 4.78 is 11.3. The van der Waals surface area contributed by atoms with Crippen molar-refractivity contribution in [3.63, 3.8) is 0 Å². The minimum atomic E-state index is -0.371. The van der Waals surface area contributed by atoms with Gasteiger partial charge in [-0.1, -0.05) is 18.2 Å². The Morgan fingerprint density at radius 2 is 1.85 bits per heavy atom. The lowest BCUT2D eigenvalue weighted by Gasteiger charge is -2.18. The summed E-state index contributed by atoms with van der Waals surface area (Å²) in [5.41, 5.74) is 1.59. The number of hydrogen-bond donors (Lipinski definition) is 2. The monoisotopic (exact) mass is 352 g/mol. The van der Waals surface area contributed by atoms with Gasteiger partial charge in [-0.05, 0) is 57.2 Å². The number of amides is 1. The van der Waals surface area contributed by atoms with Crippen LogP contribution in [0.25, 0.3) is 11.0 Å². The number of ether oxygens (including phenoxy) is 1. The largest absolute Gasteiger partial charge is 0.494 e. The van der Waals surface area contributed by atoms with Gasteiger partial charge in [0, 0.05) is 11.1 Å². The van der Waals surface area contributed by atoms with Gasteiger partial charge in [-0.2, -0.15) is 0 Å². The third-order valence-electron chi connectivity index (χ3n) is 4.20. The predicted octanol–water partition coefficient (Wildman–Crippen LogP) is 4.51. The van der Waals surface area contributed by atoms with Crippen LogP contribution in [0.2, 0.25) is 0 Å². The zero-order chi connectivity index (χ0) is 18.5. The number of nitrogens with one attached hydrogen (secondary N) is 2. The Morgan fingerprint density at radius 3 is 2.54 bits per heavy atom. The Morgan fingerprint density at radius 1 is 1.12 bits per heavy atom. The predicted molar refractivity (Wildman–Crippen MR) is 103 cm³/mol. The second-order valence-electron chi connectivity index (χ2n) is 6.24. The quantitative estimate of drug-likeness (QED) is 0.657. The highest BCUT2D eigenvalue weighted by Crippen LogP contribution is 2.24. The molecule has 0 aliphatic rings. The van der Waals surface area contributed by atoms with E-state index in [1.54, 1.807) is 0 Å². The average molecular weight is 352 g/mol. The molecule has 0 spiro atoms. The van der Waals surface area contributed by atoms with Gasteiger partial charge in [0.15, 0.2) is 0 Å². The van der Waals surface area contributed by atoms with Crippen LogP contribution in [0.5, 0.6) is 5.75 Å². The first-order chi connectivity index (χ1) is 12.6. The van der Waals surface area contributed by atoms with Crippen LogP contribution in [0.1, 0.15) is 32.6 Å². The lowest BCUT2D eigenvalue weighted by atomic mass is 10.2. The minimum Gasteiger partial charge on any atom is -0.494 e. The van der Waals surface area contributed by atoms with Gasteiger partial charge in [0.25, 0.3) is 0 Å². The first-order valence-corrected chi connectivity index (χ1v) is 8.85. The zero-order valence-electron chi connectivity index (χ0n) is 15.3. The molecule has 0 fully saturated rings. The van der Waals surface area contributed by atoms with Crippen LogP contribution in [0.4, 0.5) is 5.69 Å². The van der Waals surface area contributed by atoms with E-state index in [1.807, 2.05) is 75.4 Å². The van der Waals surface area contributed by atoms with Gasteiger partial charge >= 0.3 is 0 Å². The van der Waals surface area contributed by atoms with Crippen LogP contribution < -0.4 is 15.4 Å². The van der Waals surface area contributed by atoms with Gasteiger partial charge in [-0.3, -0.25) is 10.1 Å². The van der Waals surface area contributed by atoms with Crippen molar-refractivity contribution in [1.29, 1.82) is 0 Å². The molecule has 2 unspecified atom stereocenters. The van der Waals surface area contributed by atoms with Crippen molar-refractivity contribution < 1.29 is 13.9 Å². The molecular weight excluding hydrogens is 328 g/mol. The molecule has 1 heterocycles. The molecule has 2 atom stereocenters. The molecule has 136 valence electrons. The molecule has 3 aromatic rings. The van der Waals surface area contributed by atoms with Crippen LogP contribution in [0, 0.1) is 0 Å². The van der Waals surface area contributed by atoms with Gasteiger partial charge in [0.1, 0.15) is 17.1 Å². The number of carbonyl (C=O) groups is 1. The molecule has 0 radical (unpaired) electrons. The molecule has 0 aliphatic carbocycles. The molecule has 3 rings (SSSR count). The molecule has 1 aromatic heterocycles. The number of furan rings is 1. The SMILES string of the molecule is CCOc1ccc(NC(=O)C(C)NC(C)c2cc3ccccc3o2)cc1. The number of hydrogen-bond acceptors (Lipinski definition) is 4. The van der Waals surface area contributed by atoms with Crippen molar-refractivity contribution in [3.8, 4) is 5.75 Å². The van der Waals surface area contributed by atoms with E-state index in [1.165, 1.54) is 0 Å². The van der Waals surface area contributed by atoms with E-state index >= 15 is 0 Å². The highest BCUT2D eigenvalue weighted by molar-refractivity contribution is 5.94. The Hall–Kier alpha value is -2.79. The Bertz CT molecular complexity index is 837. The summed E-state index contributed by atoms with van der Waals surface area (Å²) in [6.45, 7) is 6.37. The fourth-order valence-electron chi connectivity index (χ4n) is 2.80. The molecule has 2 aromatic carbocycles. The summed E-state index contributed by atoms with van der Waals surface area (Å²) in [5.74, 6) is 1.50. The van der Waals surface area contributed by atoms with Crippen molar-refractivity contribution in [2.24, 2.45) is 0 Å². The lowest BCUT2D eigenvalue weighted by Crippen LogP contribution is -2.39. The standard InChI is InChI=1S/C21H24N2O3/c1-4-25-18-11-9-17(10-12-18)23-21(24)15(3)22-14(2)20-13-16-7-5-6-8-19(16)26-20/h5-15,22H,4H2,1-3H3,(H,23,24). The fourth-order valence-corrected chi connectivity index (χ4v) is 2.80. The van der Waals surface area contributed by atoms with E-state index in [4.69, 9.17) is 9.15 Å².